The van der Waals surface area contributed by atoms with Crippen LogP contribution < -0.4 is 5.32 Å². The van der Waals surface area contributed by atoms with Gasteiger partial charge in [-0.15, -0.1) is 0 Å². The zero-order chi connectivity index (χ0) is 14.9. The first-order valence-corrected chi connectivity index (χ1v) is 6.49. The topological polar surface area (TPSA) is 69.6 Å². The maximum atomic E-state index is 13.7. The number of hydrogen-bond acceptors (Lipinski definition) is 2. The summed E-state index contributed by atoms with van der Waals surface area (Å²) in [6.07, 6.45) is 0.885. The summed E-state index contributed by atoms with van der Waals surface area (Å²) in [5.74, 6) is -1.64. The highest BCUT2D eigenvalue weighted by Gasteiger charge is 2.30. The van der Waals surface area contributed by atoms with E-state index in [2.05, 4.69) is 5.32 Å². The van der Waals surface area contributed by atoms with Gasteiger partial charge in [-0.05, 0) is 31.4 Å². The van der Waals surface area contributed by atoms with Gasteiger partial charge >= 0.3 is 12.0 Å². The molecule has 1 fully saturated rings. The lowest BCUT2D eigenvalue weighted by atomic mass is 10.1. The molecule has 2 rings (SSSR count). The highest BCUT2D eigenvalue weighted by Crippen LogP contribution is 2.25. The Labute approximate surface area is 116 Å². The number of amides is 2. The van der Waals surface area contributed by atoms with E-state index < -0.39 is 17.8 Å². The van der Waals surface area contributed by atoms with Crippen LogP contribution in [-0.2, 0) is 0 Å². The maximum Gasteiger partial charge on any atom is 0.337 e. The normalized spacial score (nSPS) is 21.9. The van der Waals surface area contributed by atoms with Crippen LogP contribution in [0.5, 0.6) is 0 Å². The number of aromatic carboxylic acids is 1. The van der Waals surface area contributed by atoms with Gasteiger partial charge in [-0.1, -0.05) is 13.0 Å². The highest BCUT2D eigenvalue weighted by atomic mass is 19.1. The Balaban J connectivity index is 2.22. The number of benzene rings is 1. The monoisotopic (exact) mass is 280 g/mol. The molecule has 2 unspecified atom stereocenters. The number of carboxylic acids is 1. The molecule has 1 heterocycles. The Morgan fingerprint density at radius 3 is 2.65 bits per heavy atom. The van der Waals surface area contributed by atoms with Crippen LogP contribution in [0.3, 0.4) is 0 Å². The first kappa shape index (κ1) is 14.3. The van der Waals surface area contributed by atoms with E-state index >= 15 is 0 Å². The minimum atomic E-state index is -1.28. The number of hydrogen-bond donors (Lipinski definition) is 2. The summed E-state index contributed by atoms with van der Waals surface area (Å²) in [6, 6.07) is 3.28. The number of para-hydroxylation sites is 1. The van der Waals surface area contributed by atoms with Crippen LogP contribution in [0.15, 0.2) is 18.2 Å². The van der Waals surface area contributed by atoms with E-state index in [9.17, 15) is 14.0 Å². The van der Waals surface area contributed by atoms with Crippen LogP contribution in [0.2, 0.25) is 0 Å². The summed E-state index contributed by atoms with van der Waals surface area (Å²) < 4.78 is 13.7. The summed E-state index contributed by atoms with van der Waals surface area (Å²) in [6.45, 7) is 4.54. The second-order valence-electron chi connectivity index (χ2n) is 5.24. The number of halogens is 1. The first-order chi connectivity index (χ1) is 9.40. The molecule has 1 saturated heterocycles. The number of carboxylic acid groups (broad SMARTS) is 1. The fourth-order valence-electron chi connectivity index (χ4n) is 2.59. The Morgan fingerprint density at radius 2 is 2.10 bits per heavy atom. The number of carbonyl (C=O) groups excluding carboxylic acids is 1. The zero-order valence-electron chi connectivity index (χ0n) is 11.4. The fourth-order valence-corrected chi connectivity index (χ4v) is 2.59. The van der Waals surface area contributed by atoms with Gasteiger partial charge in [0.15, 0.2) is 0 Å². The summed E-state index contributed by atoms with van der Waals surface area (Å²) in [5, 5.41) is 11.4. The van der Waals surface area contributed by atoms with E-state index in [-0.39, 0.29) is 17.3 Å². The summed E-state index contributed by atoms with van der Waals surface area (Å²) >= 11 is 0. The quantitative estimate of drug-likeness (QED) is 0.875. The third-order valence-corrected chi connectivity index (χ3v) is 3.52. The van der Waals surface area contributed by atoms with E-state index in [4.69, 9.17) is 5.11 Å². The molecule has 1 aliphatic heterocycles. The van der Waals surface area contributed by atoms with E-state index in [1.165, 1.54) is 12.1 Å². The molecule has 1 aromatic carbocycles. The average molecular weight is 280 g/mol. The predicted molar refractivity (Wildman–Crippen MR) is 72.3 cm³/mol. The predicted octanol–water partition coefficient (Wildman–Crippen LogP) is 2.79. The minimum Gasteiger partial charge on any atom is -0.478 e. The molecule has 5 nitrogen and oxygen atoms in total. The number of carbonyl (C=O) groups is 2. The van der Waals surface area contributed by atoms with Gasteiger partial charge in [0, 0.05) is 12.6 Å². The molecule has 0 saturated carbocycles. The van der Waals surface area contributed by atoms with Gasteiger partial charge in [-0.3, -0.25) is 0 Å². The van der Waals surface area contributed by atoms with Gasteiger partial charge < -0.3 is 15.3 Å². The van der Waals surface area contributed by atoms with Crippen LogP contribution in [-0.4, -0.2) is 34.6 Å². The van der Waals surface area contributed by atoms with Crippen molar-refractivity contribution in [2.24, 2.45) is 5.92 Å². The molecule has 0 aromatic heterocycles. The molecule has 2 N–H and O–H groups in total. The summed E-state index contributed by atoms with van der Waals surface area (Å²) in [4.78, 5) is 24.8. The molecule has 1 aromatic rings. The Kier molecular flexibility index (Phi) is 3.92. The van der Waals surface area contributed by atoms with Crippen LogP contribution in [0.4, 0.5) is 14.9 Å². The van der Waals surface area contributed by atoms with Gasteiger partial charge in [0.2, 0.25) is 0 Å². The SMILES string of the molecule is CC1CC(C)N(C(=O)Nc2c(F)cccc2C(=O)O)C1. The second kappa shape index (κ2) is 5.48. The largest absolute Gasteiger partial charge is 0.478 e. The number of anilines is 1. The van der Waals surface area contributed by atoms with Crippen molar-refractivity contribution in [1.29, 1.82) is 0 Å². The summed E-state index contributed by atoms with van der Waals surface area (Å²) in [5.41, 5.74) is -0.532. The molecular weight excluding hydrogens is 263 g/mol. The number of urea groups is 1. The van der Waals surface area contributed by atoms with E-state index in [1.54, 1.807) is 4.90 Å². The molecule has 20 heavy (non-hydrogen) atoms. The number of nitrogens with one attached hydrogen (secondary N) is 1. The molecule has 1 aliphatic rings. The van der Waals surface area contributed by atoms with Crippen molar-refractivity contribution in [2.75, 3.05) is 11.9 Å². The molecule has 2 amide bonds. The molecule has 108 valence electrons. The number of rotatable bonds is 2. The Morgan fingerprint density at radius 1 is 1.40 bits per heavy atom. The molecular formula is C14H17FN2O3. The molecule has 0 bridgehead atoms. The first-order valence-electron chi connectivity index (χ1n) is 6.49. The van der Waals surface area contributed by atoms with Crippen molar-refractivity contribution in [3.63, 3.8) is 0 Å². The van der Waals surface area contributed by atoms with Crippen molar-refractivity contribution in [2.45, 2.75) is 26.3 Å². The summed E-state index contributed by atoms with van der Waals surface area (Å²) in [7, 11) is 0. The molecule has 0 aliphatic carbocycles. The fraction of sp³-hybridized carbons (Fsp3) is 0.429. The average Bonchev–Trinajstić information content (AvgIpc) is 2.70. The minimum absolute atomic E-state index is 0.0602. The second-order valence-corrected chi connectivity index (χ2v) is 5.24. The van der Waals surface area contributed by atoms with Crippen LogP contribution >= 0.6 is 0 Å². The van der Waals surface area contributed by atoms with Gasteiger partial charge in [0.1, 0.15) is 5.82 Å². The molecule has 6 heteroatoms. The van der Waals surface area contributed by atoms with Crippen molar-refractivity contribution < 1.29 is 19.1 Å². The lowest BCUT2D eigenvalue weighted by Gasteiger charge is -2.22. The third kappa shape index (κ3) is 2.74. The zero-order valence-corrected chi connectivity index (χ0v) is 11.4. The van der Waals surface area contributed by atoms with E-state index in [0.29, 0.717) is 12.5 Å². The highest BCUT2D eigenvalue weighted by molar-refractivity contribution is 6.00. The van der Waals surface area contributed by atoms with E-state index in [1.807, 2.05) is 13.8 Å². The van der Waals surface area contributed by atoms with Crippen LogP contribution in [0.25, 0.3) is 0 Å². The number of likely N-dealkylation sites (tertiary alicyclic amines) is 1. The van der Waals surface area contributed by atoms with Crippen LogP contribution in [0.1, 0.15) is 30.6 Å². The van der Waals surface area contributed by atoms with Crippen LogP contribution in [0, 0.1) is 11.7 Å². The van der Waals surface area contributed by atoms with Gasteiger partial charge in [0.25, 0.3) is 0 Å². The van der Waals surface area contributed by atoms with Crippen molar-refractivity contribution in [1.82, 2.24) is 4.90 Å². The smallest absolute Gasteiger partial charge is 0.337 e. The lowest BCUT2D eigenvalue weighted by Crippen LogP contribution is -2.38. The molecule has 0 spiro atoms. The lowest BCUT2D eigenvalue weighted by molar-refractivity contribution is 0.0697. The third-order valence-electron chi connectivity index (χ3n) is 3.52. The van der Waals surface area contributed by atoms with Crippen molar-refractivity contribution in [3.8, 4) is 0 Å². The Hall–Kier alpha value is -2.11. The van der Waals surface area contributed by atoms with Gasteiger partial charge in [0.05, 0.1) is 11.3 Å². The standard InChI is InChI=1S/C14H17FN2O3/c1-8-6-9(2)17(7-8)14(20)16-12-10(13(18)19)4-3-5-11(12)15/h3-5,8-9H,6-7H2,1-2H3,(H,16,20)(H,18,19). The van der Waals surface area contributed by atoms with Gasteiger partial charge in [-0.2, -0.15) is 0 Å². The van der Waals surface area contributed by atoms with E-state index in [0.717, 1.165) is 12.5 Å². The van der Waals surface area contributed by atoms with Crippen molar-refractivity contribution in [3.05, 3.63) is 29.6 Å². The molecule has 2 atom stereocenters. The Bertz CT molecular complexity index is 547. The molecule has 0 radical (unpaired) electrons. The maximum absolute atomic E-state index is 13.7. The van der Waals surface area contributed by atoms with Gasteiger partial charge in [-0.25, -0.2) is 14.0 Å². The number of nitrogens with zero attached hydrogens (tertiary/aromatic N) is 1. The van der Waals surface area contributed by atoms with Crippen molar-refractivity contribution >= 4 is 17.7 Å².